The number of hydrogen-bond donors (Lipinski definition) is 2. The Morgan fingerprint density at radius 2 is 2.29 bits per heavy atom. The Labute approximate surface area is 126 Å². The van der Waals surface area contributed by atoms with Crippen LogP contribution < -0.4 is 10.6 Å². The molecule has 1 aliphatic rings. The van der Waals surface area contributed by atoms with Crippen LogP contribution in [0.2, 0.25) is 0 Å². The molecule has 0 bridgehead atoms. The summed E-state index contributed by atoms with van der Waals surface area (Å²) in [5.74, 6) is 0.213. The molecule has 0 aliphatic carbocycles. The third kappa shape index (κ3) is 6.30. The second-order valence-electron chi connectivity index (χ2n) is 5.57. The average molecular weight is 292 g/mol. The highest BCUT2D eigenvalue weighted by Gasteiger charge is 2.18. The van der Waals surface area contributed by atoms with Crippen molar-refractivity contribution in [2.45, 2.75) is 33.1 Å². The number of hydrogen-bond acceptors (Lipinski definition) is 4. The molecule has 6 nitrogen and oxygen atoms in total. The van der Waals surface area contributed by atoms with Gasteiger partial charge in [-0.1, -0.05) is 13.8 Å². The number of amides is 2. The van der Waals surface area contributed by atoms with Crippen molar-refractivity contribution >= 4 is 11.8 Å². The third-order valence-corrected chi connectivity index (χ3v) is 3.20. The van der Waals surface area contributed by atoms with Crippen molar-refractivity contribution in [3.05, 3.63) is 11.8 Å². The lowest BCUT2D eigenvalue weighted by atomic mass is 10.2. The minimum atomic E-state index is -0.353. The van der Waals surface area contributed by atoms with Gasteiger partial charge in [0.2, 0.25) is 5.91 Å². The van der Waals surface area contributed by atoms with Crippen molar-refractivity contribution in [1.82, 2.24) is 15.5 Å². The van der Waals surface area contributed by atoms with Crippen LogP contribution in [0.3, 0.4) is 0 Å². The standard InChI is InChI=1S/C15H24N4O2/c1-12(2)10-18-15(21)13(9-16)11-17-6-4-8-19-7-3-5-14(19)20/h11-12,17H,3-8,10H2,1-2H3,(H,18,21)/b13-11-. The van der Waals surface area contributed by atoms with Crippen LogP contribution in [0.1, 0.15) is 33.1 Å². The summed E-state index contributed by atoms with van der Waals surface area (Å²) in [7, 11) is 0. The van der Waals surface area contributed by atoms with Gasteiger partial charge >= 0.3 is 0 Å². The second kappa shape index (κ2) is 9.01. The molecule has 1 rings (SSSR count). The first-order chi connectivity index (χ1) is 10.0. The van der Waals surface area contributed by atoms with E-state index in [4.69, 9.17) is 5.26 Å². The summed E-state index contributed by atoms with van der Waals surface area (Å²) in [6.45, 7) is 6.74. The van der Waals surface area contributed by atoms with Gasteiger partial charge in [0.25, 0.3) is 5.91 Å². The van der Waals surface area contributed by atoms with Crippen LogP contribution in [0, 0.1) is 17.2 Å². The number of nitriles is 1. The summed E-state index contributed by atoms with van der Waals surface area (Å²) in [4.78, 5) is 25.0. The molecule has 0 atom stereocenters. The van der Waals surface area contributed by atoms with Gasteiger partial charge in [0.1, 0.15) is 11.6 Å². The summed E-state index contributed by atoms with van der Waals surface area (Å²) in [6.07, 6.45) is 3.85. The Kier molecular flexibility index (Phi) is 7.30. The monoisotopic (exact) mass is 292 g/mol. The van der Waals surface area contributed by atoms with Crippen LogP contribution in [0.25, 0.3) is 0 Å². The Balaban J connectivity index is 2.24. The Morgan fingerprint density at radius 3 is 2.86 bits per heavy atom. The quantitative estimate of drug-likeness (QED) is 0.393. The van der Waals surface area contributed by atoms with Crippen LogP contribution in [0.4, 0.5) is 0 Å². The molecule has 0 radical (unpaired) electrons. The molecule has 2 N–H and O–H groups in total. The van der Waals surface area contributed by atoms with Crippen molar-refractivity contribution in [2.75, 3.05) is 26.2 Å². The number of nitrogens with one attached hydrogen (secondary N) is 2. The van der Waals surface area contributed by atoms with Gasteiger partial charge in [-0.2, -0.15) is 5.26 Å². The van der Waals surface area contributed by atoms with Crippen molar-refractivity contribution in [1.29, 1.82) is 5.26 Å². The normalized spacial score (nSPS) is 15.2. The van der Waals surface area contributed by atoms with Gasteiger partial charge in [-0.25, -0.2) is 0 Å². The molecular formula is C15H24N4O2. The molecule has 0 spiro atoms. The molecule has 1 fully saturated rings. The summed E-state index contributed by atoms with van der Waals surface area (Å²) in [5, 5.41) is 14.6. The fraction of sp³-hybridized carbons (Fsp3) is 0.667. The number of rotatable bonds is 8. The molecule has 0 aromatic carbocycles. The summed E-state index contributed by atoms with van der Waals surface area (Å²) < 4.78 is 0. The molecule has 21 heavy (non-hydrogen) atoms. The first-order valence-electron chi connectivity index (χ1n) is 7.44. The SMILES string of the molecule is CC(C)CNC(=O)/C(C#N)=C\NCCCN1CCCC1=O. The van der Waals surface area contributed by atoms with E-state index in [-0.39, 0.29) is 17.4 Å². The van der Waals surface area contributed by atoms with E-state index in [2.05, 4.69) is 10.6 Å². The summed E-state index contributed by atoms with van der Waals surface area (Å²) in [6, 6.07) is 1.89. The van der Waals surface area contributed by atoms with Crippen LogP contribution >= 0.6 is 0 Å². The van der Waals surface area contributed by atoms with E-state index in [1.165, 1.54) is 6.20 Å². The molecule has 0 unspecified atom stereocenters. The lowest BCUT2D eigenvalue weighted by Gasteiger charge is -2.14. The van der Waals surface area contributed by atoms with Crippen molar-refractivity contribution in [3.8, 4) is 6.07 Å². The highest BCUT2D eigenvalue weighted by Crippen LogP contribution is 2.09. The van der Waals surface area contributed by atoms with Gasteiger partial charge in [0.15, 0.2) is 0 Å². The Hall–Kier alpha value is -2.03. The lowest BCUT2D eigenvalue weighted by molar-refractivity contribution is -0.127. The van der Waals surface area contributed by atoms with Gasteiger partial charge in [-0.05, 0) is 18.8 Å². The van der Waals surface area contributed by atoms with E-state index in [1.807, 2.05) is 24.8 Å². The smallest absolute Gasteiger partial charge is 0.263 e. The molecule has 1 saturated heterocycles. The molecule has 1 aliphatic heterocycles. The number of carbonyl (C=O) groups excluding carboxylic acids is 2. The van der Waals surface area contributed by atoms with E-state index in [0.717, 1.165) is 25.9 Å². The van der Waals surface area contributed by atoms with Gasteiger partial charge in [-0.3, -0.25) is 9.59 Å². The van der Waals surface area contributed by atoms with Crippen molar-refractivity contribution in [2.24, 2.45) is 5.92 Å². The zero-order chi connectivity index (χ0) is 15.7. The maximum atomic E-state index is 11.7. The minimum Gasteiger partial charge on any atom is -0.390 e. The molecule has 1 heterocycles. The van der Waals surface area contributed by atoms with E-state index in [9.17, 15) is 9.59 Å². The Morgan fingerprint density at radius 1 is 1.52 bits per heavy atom. The highest BCUT2D eigenvalue weighted by atomic mass is 16.2. The fourth-order valence-corrected chi connectivity index (χ4v) is 2.03. The highest BCUT2D eigenvalue weighted by molar-refractivity contribution is 5.97. The lowest BCUT2D eigenvalue weighted by Crippen LogP contribution is -2.30. The van der Waals surface area contributed by atoms with Gasteiger partial charge in [-0.15, -0.1) is 0 Å². The van der Waals surface area contributed by atoms with E-state index < -0.39 is 0 Å². The average Bonchev–Trinajstić information content (AvgIpc) is 2.85. The second-order valence-corrected chi connectivity index (χ2v) is 5.57. The molecule has 116 valence electrons. The van der Waals surface area contributed by atoms with E-state index in [0.29, 0.717) is 25.4 Å². The van der Waals surface area contributed by atoms with Crippen molar-refractivity contribution < 1.29 is 9.59 Å². The van der Waals surface area contributed by atoms with Crippen LogP contribution in [-0.4, -0.2) is 42.9 Å². The van der Waals surface area contributed by atoms with E-state index >= 15 is 0 Å². The molecule has 6 heteroatoms. The van der Waals surface area contributed by atoms with Crippen LogP contribution in [0.15, 0.2) is 11.8 Å². The van der Waals surface area contributed by atoms with Crippen LogP contribution in [0.5, 0.6) is 0 Å². The van der Waals surface area contributed by atoms with Crippen molar-refractivity contribution in [3.63, 3.8) is 0 Å². The number of nitrogens with zero attached hydrogens (tertiary/aromatic N) is 2. The van der Waals surface area contributed by atoms with Gasteiger partial charge in [0.05, 0.1) is 0 Å². The maximum Gasteiger partial charge on any atom is 0.263 e. The largest absolute Gasteiger partial charge is 0.390 e. The van der Waals surface area contributed by atoms with Gasteiger partial charge in [0, 0.05) is 38.8 Å². The molecule has 0 saturated carbocycles. The van der Waals surface area contributed by atoms with Crippen LogP contribution in [-0.2, 0) is 9.59 Å². The maximum absolute atomic E-state index is 11.7. The van der Waals surface area contributed by atoms with Gasteiger partial charge < -0.3 is 15.5 Å². The zero-order valence-electron chi connectivity index (χ0n) is 12.8. The Bertz CT molecular complexity index is 437. The fourth-order valence-electron chi connectivity index (χ4n) is 2.03. The predicted octanol–water partition coefficient (Wildman–Crippen LogP) is 0.768. The molecular weight excluding hydrogens is 268 g/mol. The van der Waals surface area contributed by atoms with E-state index in [1.54, 1.807) is 0 Å². The zero-order valence-corrected chi connectivity index (χ0v) is 12.8. The molecule has 0 aromatic rings. The molecule has 2 amide bonds. The topological polar surface area (TPSA) is 85.2 Å². The number of carbonyl (C=O) groups is 2. The first-order valence-corrected chi connectivity index (χ1v) is 7.44. The summed E-state index contributed by atoms with van der Waals surface area (Å²) in [5.41, 5.74) is 0.0768. The third-order valence-electron chi connectivity index (χ3n) is 3.20. The first kappa shape index (κ1) is 17.0. The predicted molar refractivity (Wildman–Crippen MR) is 80.0 cm³/mol. The molecule has 0 aromatic heterocycles. The summed E-state index contributed by atoms with van der Waals surface area (Å²) >= 11 is 0. The number of likely N-dealkylation sites (tertiary alicyclic amines) is 1. The minimum absolute atomic E-state index is 0.0768.